The van der Waals surface area contributed by atoms with E-state index < -0.39 is 11.5 Å². The van der Waals surface area contributed by atoms with Crippen molar-refractivity contribution in [2.75, 3.05) is 18.9 Å². The Morgan fingerprint density at radius 2 is 1.88 bits per heavy atom. The summed E-state index contributed by atoms with van der Waals surface area (Å²) in [5.74, 6) is 0.127. The molecule has 0 aromatic carbocycles. The highest BCUT2D eigenvalue weighted by Gasteiger charge is 2.48. The normalized spacial score (nSPS) is 18.2. The average Bonchev–Trinajstić information content (AvgIpc) is 3.50. The maximum absolute atomic E-state index is 12.3. The zero-order valence-corrected chi connectivity index (χ0v) is 18.3. The van der Waals surface area contributed by atoms with Gasteiger partial charge in [-0.15, -0.1) is 0 Å². The lowest BCUT2D eigenvalue weighted by Gasteiger charge is -2.16. The number of carbonyl (C=O) groups is 1. The fourth-order valence-corrected chi connectivity index (χ4v) is 3.80. The van der Waals surface area contributed by atoms with Gasteiger partial charge < -0.3 is 19.8 Å². The first-order valence-electron chi connectivity index (χ1n) is 10.4. The van der Waals surface area contributed by atoms with Gasteiger partial charge >= 0.3 is 0 Å². The second-order valence-corrected chi connectivity index (χ2v) is 8.01. The van der Waals surface area contributed by atoms with Gasteiger partial charge in [-0.1, -0.05) is 11.2 Å². The van der Waals surface area contributed by atoms with Crippen LogP contribution in [0.15, 0.2) is 47.2 Å². The molecule has 0 saturated carbocycles. The van der Waals surface area contributed by atoms with E-state index in [-0.39, 0.29) is 12.2 Å². The molecule has 168 valence electrons. The fourth-order valence-electron chi connectivity index (χ4n) is 3.80. The minimum absolute atomic E-state index is 0.111. The van der Waals surface area contributed by atoms with Crippen molar-refractivity contribution in [2.45, 2.75) is 18.9 Å². The largest absolute Gasteiger partial charge is 0.373 e. The Kier molecular flexibility index (Phi) is 4.90. The molecule has 11 heteroatoms. The third-order valence-corrected chi connectivity index (χ3v) is 5.62. The van der Waals surface area contributed by atoms with E-state index in [1.165, 1.54) is 4.90 Å². The number of rotatable bonds is 5. The van der Waals surface area contributed by atoms with E-state index in [0.717, 1.165) is 11.4 Å². The molecule has 0 aliphatic carbocycles. The van der Waals surface area contributed by atoms with Crippen LogP contribution in [0.1, 0.15) is 17.9 Å². The van der Waals surface area contributed by atoms with Gasteiger partial charge in [0.25, 0.3) is 5.91 Å². The van der Waals surface area contributed by atoms with E-state index in [9.17, 15) is 9.90 Å². The molecule has 1 saturated heterocycles. The summed E-state index contributed by atoms with van der Waals surface area (Å²) in [6, 6.07) is 8.75. The average molecular weight is 446 g/mol. The predicted molar refractivity (Wildman–Crippen MR) is 118 cm³/mol. The Morgan fingerprint density at radius 1 is 1.12 bits per heavy atom. The van der Waals surface area contributed by atoms with Crippen LogP contribution >= 0.6 is 0 Å². The molecule has 1 atom stereocenters. The van der Waals surface area contributed by atoms with Gasteiger partial charge in [-0.05, 0) is 25.1 Å². The maximum atomic E-state index is 12.3. The lowest BCUT2D eigenvalue weighted by molar-refractivity contribution is -0.144. The highest BCUT2D eigenvalue weighted by Crippen LogP contribution is 2.34. The standard InChI is InChI=1S/C22H22N8O3/c1-13-18(12-30(3)27-13)26-21-23-9-7-16(25-21)14-5-4-6-15(24-14)17-11-19(33-28-17)22(32)8-10-29(2)20(22)31/h4-7,9,11-12,32H,8,10H2,1-3H3,(H,23,25,26). The van der Waals surface area contributed by atoms with Crippen LogP contribution in [0.5, 0.6) is 0 Å². The fraction of sp³-hybridized carbons (Fsp3) is 0.273. The number of anilines is 2. The minimum atomic E-state index is -1.70. The van der Waals surface area contributed by atoms with Crippen molar-refractivity contribution < 1.29 is 14.4 Å². The first-order chi connectivity index (χ1) is 15.8. The molecule has 1 amide bonds. The van der Waals surface area contributed by atoms with Crippen molar-refractivity contribution in [1.29, 1.82) is 0 Å². The number of nitrogens with one attached hydrogen (secondary N) is 1. The number of aromatic nitrogens is 6. The van der Waals surface area contributed by atoms with Crippen molar-refractivity contribution in [3.8, 4) is 22.8 Å². The molecule has 2 N–H and O–H groups in total. The van der Waals surface area contributed by atoms with Gasteiger partial charge in [-0.2, -0.15) is 5.10 Å². The number of nitrogens with zero attached hydrogens (tertiary/aromatic N) is 7. The molecule has 5 heterocycles. The molecule has 0 spiro atoms. The van der Waals surface area contributed by atoms with Crippen LogP contribution < -0.4 is 5.32 Å². The highest BCUT2D eigenvalue weighted by atomic mass is 16.5. The lowest BCUT2D eigenvalue weighted by atomic mass is 9.98. The minimum Gasteiger partial charge on any atom is -0.373 e. The van der Waals surface area contributed by atoms with Crippen molar-refractivity contribution in [3.05, 3.63) is 54.2 Å². The van der Waals surface area contributed by atoms with E-state index in [1.807, 2.05) is 32.3 Å². The first kappa shape index (κ1) is 20.8. The first-order valence-corrected chi connectivity index (χ1v) is 10.4. The number of pyridine rings is 1. The van der Waals surface area contributed by atoms with Crippen LogP contribution in [-0.2, 0) is 17.4 Å². The van der Waals surface area contributed by atoms with Crippen LogP contribution in [0.4, 0.5) is 11.6 Å². The van der Waals surface area contributed by atoms with E-state index in [4.69, 9.17) is 4.52 Å². The smallest absolute Gasteiger partial charge is 0.262 e. The summed E-state index contributed by atoms with van der Waals surface area (Å²) in [5, 5.41) is 22.3. The molecule has 1 unspecified atom stereocenters. The Balaban J connectivity index is 1.42. The van der Waals surface area contributed by atoms with Gasteiger partial charge in [0, 0.05) is 45.5 Å². The zero-order valence-electron chi connectivity index (χ0n) is 18.3. The number of hydrogen-bond acceptors (Lipinski definition) is 9. The van der Waals surface area contributed by atoms with Gasteiger partial charge in [0.15, 0.2) is 5.76 Å². The van der Waals surface area contributed by atoms with Gasteiger partial charge in [0.05, 0.1) is 28.5 Å². The molecular weight excluding hydrogens is 424 g/mol. The van der Waals surface area contributed by atoms with Crippen LogP contribution in [0.3, 0.4) is 0 Å². The number of aliphatic hydroxyl groups is 1. The van der Waals surface area contributed by atoms with Crippen LogP contribution in [0.2, 0.25) is 0 Å². The van der Waals surface area contributed by atoms with Crippen molar-refractivity contribution in [2.24, 2.45) is 7.05 Å². The van der Waals surface area contributed by atoms with E-state index in [2.05, 4.69) is 30.5 Å². The Hall–Kier alpha value is -4.12. The maximum Gasteiger partial charge on any atom is 0.262 e. The van der Waals surface area contributed by atoms with Gasteiger partial charge in [0.1, 0.15) is 5.69 Å². The lowest BCUT2D eigenvalue weighted by Crippen LogP contribution is -2.35. The number of aryl methyl sites for hydroxylation is 2. The van der Waals surface area contributed by atoms with E-state index >= 15 is 0 Å². The molecule has 0 radical (unpaired) electrons. The summed E-state index contributed by atoms with van der Waals surface area (Å²) in [6.45, 7) is 2.35. The molecule has 4 aromatic heterocycles. The van der Waals surface area contributed by atoms with Crippen LogP contribution in [0.25, 0.3) is 22.8 Å². The highest BCUT2D eigenvalue weighted by molar-refractivity contribution is 5.87. The second-order valence-electron chi connectivity index (χ2n) is 8.01. The quantitative estimate of drug-likeness (QED) is 0.472. The second kappa shape index (κ2) is 7.78. The number of hydrogen-bond donors (Lipinski definition) is 2. The molecular formula is C22H22N8O3. The molecule has 33 heavy (non-hydrogen) atoms. The Bertz CT molecular complexity index is 1350. The summed E-state index contributed by atoms with van der Waals surface area (Å²) >= 11 is 0. The van der Waals surface area contributed by atoms with Crippen LogP contribution in [0, 0.1) is 6.92 Å². The third kappa shape index (κ3) is 3.72. The molecule has 1 aliphatic rings. The molecule has 4 aromatic rings. The monoisotopic (exact) mass is 446 g/mol. The summed E-state index contributed by atoms with van der Waals surface area (Å²) < 4.78 is 7.05. The Morgan fingerprint density at radius 3 is 2.58 bits per heavy atom. The Labute approximate surface area is 189 Å². The summed E-state index contributed by atoms with van der Waals surface area (Å²) in [7, 11) is 3.49. The topological polar surface area (TPSA) is 135 Å². The van der Waals surface area contributed by atoms with Gasteiger partial charge in [0.2, 0.25) is 11.5 Å². The zero-order chi connectivity index (χ0) is 23.2. The molecule has 5 rings (SSSR count). The van der Waals surface area contributed by atoms with Gasteiger partial charge in [-0.3, -0.25) is 9.48 Å². The van der Waals surface area contributed by atoms with Crippen molar-refractivity contribution in [1.82, 2.24) is 34.8 Å². The molecule has 1 fully saturated rings. The molecule has 1 aliphatic heterocycles. The predicted octanol–water partition coefficient (Wildman–Crippen LogP) is 2.03. The third-order valence-electron chi connectivity index (χ3n) is 5.62. The number of amides is 1. The SMILES string of the molecule is Cc1nn(C)cc1Nc1nccc(-c2cccc(-c3cc(C4(O)CCN(C)C4=O)on3)n2)n1. The van der Waals surface area contributed by atoms with E-state index in [0.29, 0.717) is 35.3 Å². The summed E-state index contributed by atoms with van der Waals surface area (Å²) in [5.41, 5.74) is 2.13. The number of carbonyl (C=O) groups excluding carboxylic acids is 1. The molecule has 0 bridgehead atoms. The van der Waals surface area contributed by atoms with Gasteiger partial charge in [-0.25, -0.2) is 15.0 Å². The van der Waals surface area contributed by atoms with Crippen LogP contribution in [-0.4, -0.2) is 59.4 Å². The van der Waals surface area contributed by atoms with Crippen molar-refractivity contribution >= 4 is 17.5 Å². The van der Waals surface area contributed by atoms with E-state index in [1.54, 1.807) is 36.1 Å². The summed E-state index contributed by atoms with van der Waals surface area (Å²) in [6.07, 6.45) is 3.75. The molecule has 11 nitrogen and oxygen atoms in total. The summed E-state index contributed by atoms with van der Waals surface area (Å²) in [4.78, 5) is 27.3. The number of likely N-dealkylation sites (N-methyl/N-ethyl adjacent to an activating group) is 1. The number of likely N-dealkylation sites (tertiary alicyclic amines) is 1. The van der Waals surface area contributed by atoms with Crippen molar-refractivity contribution in [3.63, 3.8) is 0 Å².